The Labute approximate surface area is 99.6 Å². The van der Waals surface area contributed by atoms with Crippen molar-refractivity contribution in [3.8, 4) is 0 Å². The largest absolute Gasteiger partial charge is 0.300 e. The number of Topliss-reactive ketones (excluding diaryl/α,β-unsaturated/α-hetero) is 2. The number of hydrogen-bond acceptors (Lipinski definition) is 3. The minimum absolute atomic E-state index is 0.0148. The molecule has 0 amide bonds. The van der Waals surface area contributed by atoms with Crippen LogP contribution in [0.2, 0.25) is 0 Å². The Bertz CT molecular complexity index is 484. The minimum Gasteiger partial charge on any atom is -0.300 e. The lowest BCUT2D eigenvalue weighted by molar-refractivity contribution is -0.130. The summed E-state index contributed by atoms with van der Waals surface area (Å²) in [6, 6.07) is 0. The number of carbonyl (C=O) groups excluding carboxylic acids is 3. The maximum Gasteiger partial charge on any atom is 0.166 e. The van der Waals surface area contributed by atoms with Gasteiger partial charge in [-0.25, -0.2) is 0 Å². The third-order valence-electron chi connectivity index (χ3n) is 4.26. The highest BCUT2D eigenvalue weighted by atomic mass is 16.1. The van der Waals surface area contributed by atoms with Gasteiger partial charge in [-0.2, -0.15) is 0 Å². The van der Waals surface area contributed by atoms with E-state index >= 15 is 0 Å². The Morgan fingerprint density at radius 3 is 2.41 bits per heavy atom. The van der Waals surface area contributed by atoms with Crippen LogP contribution in [0.15, 0.2) is 23.3 Å². The fraction of sp³-hybridized carbons (Fsp3) is 0.500. The van der Waals surface area contributed by atoms with Crippen LogP contribution in [-0.2, 0) is 14.4 Å². The Morgan fingerprint density at radius 1 is 1.00 bits per heavy atom. The van der Waals surface area contributed by atoms with Gasteiger partial charge in [-0.05, 0) is 30.9 Å². The van der Waals surface area contributed by atoms with Crippen molar-refractivity contribution in [3.05, 3.63) is 23.3 Å². The van der Waals surface area contributed by atoms with Crippen molar-refractivity contribution in [3.63, 3.8) is 0 Å². The number of carbonyl (C=O) groups is 3. The molecule has 1 saturated carbocycles. The van der Waals surface area contributed by atoms with E-state index < -0.39 is 0 Å². The molecule has 1 fully saturated rings. The summed E-state index contributed by atoms with van der Waals surface area (Å²) in [7, 11) is 0. The van der Waals surface area contributed by atoms with Gasteiger partial charge in [-0.3, -0.25) is 14.4 Å². The first-order valence-corrected chi connectivity index (χ1v) is 6.10. The Balaban J connectivity index is 1.90. The fourth-order valence-corrected chi connectivity index (χ4v) is 3.21. The Kier molecular flexibility index (Phi) is 2.18. The normalized spacial score (nSPS) is 26.9. The molecule has 0 atom stereocenters. The average Bonchev–Trinajstić information content (AvgIpc) is 2.58. The molecular weight excluding hydrogens is 216 g/mol. The molecule has 3 aliphatic rings. The lowest BCUT2D eigenvalue weighted by Crippen LogP contribution is -2.33. The Morgan fingerprint density at radius 2 is 1.71 bits per heavy atom. The molecule has 0 heterocycles. The van der Waals surface area contributed by atoms with Crippen LogP contribution in [-0.4, -0.2) is 17.3 Å². The van der Waals surface area contributed by atoms with Gasteiger partial charge in [-0.15, -0.1) is 0 Å². The van der Waals surface area contributed by atoms with Gasteiger partial charge in [0.05, 0.1) is 0 Å². The molecule has 0 bridgehead atoms. The SMILES string of the molecule is O=C1C=CC2=C(C1)C(=O)C1(CCC(=O)CC1)C2. The molecule has 17 heavy (non-hydrogen) atoms. The lowest BCUT2D eigenvalue weighted by Gasteiger charge is -2.31. The molecule has 3 aliphatic carbocycles. The van der Waals surface area contributed by atoms with Crippen molar-refractivity contribution in [2.24, 2.45) is 5.41 Å². The van der Waals surface area contributed by atoms with Crippen LogP contribution in [0.5, 0.6) is 0 Å². The van der Waals surface area contributed by atoms with Gasteiger partial charge in [0.25, 0.3) is 0 Å². The second kappa shape index (κ2) is 3.49. The zero-order valence-corrected chi connectivity index (χ0v) is 9.62. The number of hydrogen-bond donors (Lipinski definition) is 0. The van der Waals surface area contributed by atoms with Crippen LogP contribution in [0.1, 0.15) is 38.5 Å². The van der Waals surface area contributed by atoms with E-state index in [9.17, 15) is 14.4 Å². The summed E-state index contributed by atoms with van der Waals surface area (Å²) in [5, 5.41) is 0. The van der Waals surface area contributed by atoms with Crippen molar-refractivity contribution >= 4 is 17.3 Å². The topological polar surface area (TPSA) is 51.2 Å². The Hall–Kier alpha value is -1.51. The first-order valence-electron chi connectivity index (χ1n) is 6.10. The molecular formula is C14H14O3. The number of ketones is 3. The smallest absolute Gasteiger partial charge is 0.166 e. The van der Waals surface area contributed by atoms with Crippen LogP contribution in [0.25, 0.3) is 0 Å². The zero-order valence-electron chi connectivity index (χ0n) is 9.62. The molecule has 0 aliphatic heterocycles. The van der Waals surface area contributed by atoms with E-state index in [0.29, 0.717) is 31.3 Å². The fourth-order valence-electron chi connectivity index (χ4n) is 3.21. The highest BCUT2D eigenvalue weighted by Crippen LogP contribution is 2.50. The maximum absolute atomic E-state index is 12.4. The molecule has 3 nitrogen and oxygen atoms in total. The highest BCUT2D eigenvalue weighted by molar-refractivity contribution is 6.11. The molecule has 0 unspecified atom stereocenters. The van der Waals surface area contributed by atoms with Crippen LogP contribution in [0.3, 0.4) is 0 Å². The van der Waals surface area contributed by atoms with Gasteiger partial charge in [-0.1, -0.05) is 6.08 Å². The predicted octanol–water partition coefficient (Wildman–Crippen LogP) is 1.91. The van der Waals surface area contributed by atoms with Gasteiger partial charge in [0.2, 0.25) is 0 Å². The van der Waals surface area contributed by atoms with E-state index in [1.54, 1.807) is 12.2 Å². The summed E-state index contributed by atoms with van der Waals surface area (Å²) in [6.07, 6.45) is 6.73. The zero-order chi connectivity index (χ0) is 12.0. The van der Waals surface area contributed by atoms with Gasteiger partial charge < -0.3 is 0 Å². The molecule has 0 N–H and O–H groups in total. The highest BCUT2D eigenvalue weighted by Gasteiger charge is 2.48. The summed E-state index contributed by atoms with van der Waals surface area (Å²) in [4.78, 5) is 35.0. The summed E-state index contributed by atoms with van der Waals surface area (Å²) in [5.41, 5.74) is 1.39. The lowest BCUT2D eigenvalue weighted by atomic mass is 9.70. The monoisotopic (exact) mass is 230 g/mol. The van der Waals surface area contributed by atoms with Crippen LogP contribution < -0.4 is 0 Å². The molecule has 3 heteroatoms. The summed E-state index contributed by atoms with van der Waals surface area (Å²) in [5.74, 6) is 0.415. The molecule has 0 aromatic rings. The van der Waals surface area contributed by atoms with Gasteiger partial charge in [0.15, 0.2) is 11.6 Å². The molecule has 0 radical (unpaired) electrons. The first kappa shape index (κ1) is 10.6. The minimum atomic E-state index is -0.354. The second-order valence-corrected chi connectivity index (χ2v) is 5.31. The molecule has 88 valence electrons. The molecule has 0 aromatic heterocycles. The number of rotatable bonds is 0. The van der Waals surface area contributed by atoms with E-state index in [0.717, 1.165) is 12.0 Å². The first-order chi connectivity index (χ1) is 8.11. The van der Waals surface area contributed by atoms with E-state index in [4.69, 9.17) is 0 Å². The third-order valence-corrected chi connectivity index (χ3v) is 4.26. The van der Waals surface area contributed by atoms with Crippen molar-refractivity contribution < 1.29 is 14.4 Å². The summed E-state index contributed by atoms with van der Waals surface area (Å²) < 4.78 is 0. The quantitative estimate of drug-likeness (QED) is 0.638. The van der Waals surface area contributed by atoms with Crippen molar-refractivity contribution in [2.45, 2.75) is 38.5 Å². The van der Waals surface area contributed by atoms with Crippen molar-refractivity contribution in [1.82, 2.24) is 0 Å². The van der Waals surface area contributed by atoms with Crippen LogP contribution >= 0.6 is 0 Å². The van der Waals surface area contributed by atoms with E-state index in [1.165, 1.54) is 0 Å². The van der Waals surface area contributed by atoms with Gasteiger partial charge >= 0.3 is 0 Å². The molecule has 0 aromatic carbocycles. The van der Waals surface area contributed by atoms with E-state index in [1.807, 2.05) is 0 Å². The van der Waals surface area contributed by atoms with E-state index in [2.05, 4.69) is 0 Å². The standard InChI is InChI=1S/C14H14O3/c15-10-3-5-14(6-4-10)8-9-1-2-11(16)7-12(9)13(14)17/h1-2H,3-8H2. The van der Waals surface area contributed by atoms with E-state index in [-0.39, 0.29) is 29.2 Å². The van der Waals surface area contributed by atoms with Crippen LogP contribution in [0, 0.1) is 5.41 Å². The van der Waals surface area contributed by atoms with Crippen molar-refractivity contribution in [2.75, 3.05) is 0 Å². The van der Waals surface area contributed by atoms with Gasteiger partial charge in [0, 0.05) is 30.3 Å². The summed E-state index contributed by atoms with van der Waals surface area (Å²) >= 11 is 0. The predicted molar refractivity (Wildman–Crippen MR) is 61.3 cm³/mol. The number of allylic oxidation sites excluding steroid dienone is 4. The molecule has 1 spiro atoms. The maximum atomic E-state index is 12.4. The summed E-state index contributed by atoms with van der Waals surface area (Å²) in [6.45, 7) is 0. The second-order valence-electron chi connectivity index (χ2n) is 5.31. The van der Waals surface area contributed by atoms with Crippen molar-refractivity contribution in [1.29, 1.82) is 0 Å². The van der Waals surface area contributed by atoms with Gasteiger partial charge in [0.1, 0.15) is 5.78 Å². The average molecular weight is 230 g/mol. The van der Waals surface area contributed by atoms with Crippen LogP contribution in [0.4, 0.5) is 0 Å². The molecule has 3 rings (SSSR count). The molecule has 0 saturated heterocycles. The third kappa shape index (κ3) is 1.53.